The summed E-state index contributed by atoms with van der Waals surface area (Å²) in [5.41, 5.74) is 2.96. The maximum absolute atomic E-state index is 12.6. The Balaban J connectivity index is 1.73. The summed E-state index contributed by atoms with van der Waals surface area (Å²) in [6, 6.07) is 13.8. The Bertz CT molecular complexity index is 787. The molecule has 1 heterocycles. The fraction of sp³-hybridized carbons (Fsp3) is 0.381. The zero-order valence-corrected chi connectivity index (χ0v) is 17.3. The second-order valence-corrected chi connectivity index (χ2v) is 8.06. The topological polar surface area (TPSA) is 36.8 Å². The number of nitrogens with zero attached hydrogens (tertiary/aromatic N) is 1. The average Bonchev–Trinajstić information content (AvgIpc) is 3.19. The third-order valence-electron chi connectivity index (χ3n) is 5.20. The van der Waals surface area contributed by atoms with Gasteiger partial charge in [-0.1, -0.05) is 35.3 Å². The number of hydrogen-bond acceptors (Lipinski definition) is 2. The molecule has 0 unspecified atom stereocenters. The molecule has 4 nitrogen and oxygen atoms in total. The Labute approximate surface area is 171 Å². The van der Waals surface area contributed by atoms with E-state index < -0.39 is 0 Å². The summed E-state index contributed by atoms with van der Waals surface area (Å²) < 4.78 is 0. The van der Waals surface area contributed by atoms with Crippen molar-refractivity contribution in [2.24, 2.45) is 0 Å². The van der Waals surface area contributed by atoms with E-state index in [0.29, 0.717) is 22.2 Å². The predicted molar refractivity (Wildman–Crippen MR) is 112 cm³/mol. The molecule has 0 spiro atoms. The van der Waals surface area contributed by atoms with Crippen molar-refractivity contribution in [1.29, 1.82) is 0 Å². The number of likely N-dealkylation sites (tertiary alicyclic amines) is 1. The summed E-state index contributed by atoms with van der Waals surface area (Å²) in [6.45, 7) is 2.88. The smallest absolute Gasteiger partial charge is 0.251 e. The Morgan fingerprint density at radius 3 is 2.33 bits per heavy atom. The van der Waals surface area contributed by atoms with Gasteiger partial charge in [0.25, 0.3) is 5.91 Å². The molecule has 6 heteroatoms. The van der Waals surface area contributed by atoms with E-state index in [2.05, 4.69) is 34.5 Å². The van der Waals surface area contributed by atoms with E-state index in [-0.39, 0.29) is 11.9 Å². The highest BCUT2D eigenvalue weighted by molar-refractivity contribution is 6.42. The van der Waals surface area contributed by atoms with E-state index in [9.17, 15) is 4.79 Å². The second-order valence-electron chi connectivity index (χ2n) is 7.24. The molecule has 1 aliphatic rings. The van der Waals surface area contributed by atoms with Crippen molar-refractivity contribution in [3.8, 4) is 0 Å². The normalized spacial score (nSPS) is 15.6. The first kappa shape index (κ1) is 20.0. The van der Waals surface area contributed by atoms with E-state index in [0.717, 1.165) is 13.1 Å². The van der Waals surface area contributed by atoms with E-state index in [1.165, 1.54) is 29.0 Å². The number of hydrogen-bond donors (Lipinski definition) is 2. The molecular formula is C21H26Cl2N3O+. The first-order valence-electron chi connectivity index (χ1n) is 9.31. The fourth-order valence-electron chi connectivity index (χ4n) is 3.61. The molecule has 0 aliphatic carbocycles. The summed E-state index contributed by atoms with van der Waals surface area (Å²) >= 11 is 12.0. The number of quaternary nitrogens is 1. The Hall–Kier alpha value is -1.75. The van der Waals surface area contributed by atoms with Crippen LogP contribution >= 0.6 is 23.2 Å². The fourth-order valence-corrected chi connectivity index (χ4v) is 3.91. The van der Waals surface area contributed by atoms with Gasteiger partial charge in [-0.2, -0.15) is 0 Å². The molecule has 2 aromatic carbocycles. The maximum atomic E-state index is 12.6. The summed E-state index contributed by atoms with van der Waals surface area (Å²) in [5.74, 6) is -0.123. The highest BCUT2D eigenvalue weighted by Crippen LogP contribution is 2.22. The van der Waals surface area contributed by atoms with Crippen LogP contribution in [-0.4, -0.2) is 39.6 Å². The minimum absolute atomic E-state index is 0.123. The molecule has 0 bridgehead atoms. The highest BCUT2D eigenvalue weighted by Gasteiger charge is 2.28. The number of benzene rings is 2. The van der Waals surface area contributed by atoms with Gasteiger partial charge in [0.05, 0.1) is 29.7 Å². The molecular weight excluding hydrogens is 381 g/mol. The molecule has 3 rings (SSSR count). The third-order valence-corrected chi connectivity index (χ3v) is 5.94. The number of anilines is 1. The van der Waals surface area contributed by atoms with Crippen molar-refractivity contribution in [2.75, 3.05) is 38.6 Å². The van der Waals surface area contributed by atoms with E-state index in [1.807, 2.05) is 14.1 Å². The third kappa shape index (κ3) is 4.95. The predicted octanol–water partition coefficient (Wildman–Crippen LogP) is 3.21. The quantitative estimate of drug-likeness (QED) is 0.772. The highest BCUT2D eigenvalue weighted by atomic mass is 35.5. The molecule has 1 saturated heterocycles. The Morgan fingerprint density at radius 1 is 1.07 bits per heavy atom. The molecule has 2 N–H and O–H groups in total. The van der Waals surface area contributed by atoms with Gasteiger partial charge in [0.15, 0.2) is 0 Å². The lowest BCUT2D eigenvalue weighted by Crippen LogP contribution is -3.11. The van der Waals surface area contributed by atoms with Crippen LogP contribution in [0.5, 0.6) is 0 Å². The van der Waals surface area contributed by atoms with Gasteiger partial charge in [0.1, 0.15) is 6.04 Å². The summed E-state index contributed by atoms with van der Waals surface area (Å²) in [4.78, 5) is 16.2. The van der Waals surface area contributed by atoms with Crippen molar-refractivity contribution in [3.63, 3.8) is 0 Å². The number of amides is 1. The molecule has 2 aromatic rings. The first-order valence-corrected chi connectivity index (χ1v) is 10.1. The lowest BCUT2D eigenvalue weighted by atomic mass is 10.0. The number of halogens is 2. The molecule has 1 atom stereocenters. The van der Waals surface area contributed by atoms with Crippen molar-refractivity contribution in [2.45, 2.75) is 18.9 Å². The van der Waals surface area contributed by atoms with Crippen LogP contribution in [0.4, 0.5) is 5.69 Å². The zero-order chi connectivity index (χ0) is 19.4. The van der Waals surface area contributed by atoms with Gasteiger partial charge in [0.2, 0.25) is 0 Å². The molecule has 1 aliphatic heterocycles. The second kappa shape index (κ2) is 8.96. The van der Waals surface area contributed by atoms with Crippen LogP contribution in [-0.2, 0) is 0 Å². The van der Waals surface area contributed by atoms with Crippen LogP contribution in [0.1, 0.15) is 34.8 Å². The van der Waals surface area contributed by atoms with Gasteiger partial charge in [-0.15, -0.1) is 0 Å². The molecule has 0 saturated carbocycles. The minimum Gasteiger partial charge on any atom is -0.378 e. The van der Waals surface area contributed by atoms with Crippen molar-refractivity contribution in [3.05, 3.63) is 63.6 Å². The molecule has 1 amide bonds. The van der Waals surface area contributed by atoms with Gasteiger partial charge < -0.3 is 15.1 Å². The van der Waals surface area contributed by atoms with Crippen LogP contribution in [0.2, 0.25) is 10.0 Å². The standard InChI is InChI=1S/C21H25Cl2N3O/c1-25(2)17-8-5-15(6-9-17)20(26-11-3-4-12-26)14-24-21(27)16-7-10-18(22)19(23)13-16/h5-10,13,20H,3-4,11-12,14H2,1-2H3,(H,24,27)/p+1/t20-/m1/s1. The lowest BCUT2D eigenvalue weighted by Gasteiger charge is -2.26. The number of nitrogens with one attached hydrogen (secondary N) is 2. The van der Waals surface area contributed by atoms with Gasteiger partial charge in [-0.25, -0.2) is 0 Å². The minimum atomic E-state index is -0.123. The van der Waals surface area contributed by atoms with Crippen molar-refractivity contribution >= 4 is 34.8 Å². The van der Waals surface area contributed by atoms with Crippen molar-refractivity contribution < 1.29 is 9.69 Å². The van der Waals surface area contributed by atoms with Crippen LogP contribution in [0, 0.1) is 0 Å². The van der Waals surface area contributed by atoms with Crippen LogP contribution in [0.25, 0.3) is 0 Å². The van der Waals surface area contributed by atoms with E-state index in [1.54, 1.807) is 18.2 Å². The number of carbonyl (C=O) groups excluding carboxylic acids is 1. The van der Waals surface area contributed by atoms with E-state index >= 15 is 0 Å². The Morgan fingerprint density at radius 2 is 1.74 bits per heavy atom. The largest absolute Gasteiger partial charge is 0.378 e. The Kier molecular flexibility index (Phi) is 6.64. The number of carbonyl (C=O) groups is 1. The van der Waals surface area contributed by atoms with Gasteiger partial charge in [-0.05, 0) is 30.3 Å². The summed E-state index contributed by atoms with van der Waals surface area (Å²) in [6.07, 6.45) is 2.48. The first-order chi connectivity index (χ1) is 13.0. The summed E-state index contributed by atoms with van der Waals surface area (Å²) in [7, 11) is 4.07. The lowest BCUT2D eigenvalue weighted by molar-refractivity contribution is -0.918. The SMILES string of the molecule is CN(C)c1ccc([C@@H](CNC(=O)c2ccc(Cl)c(Cl)c2)[NH+]2CCCC2)cc1. The van der Waals surface area contributed by atoms with Gasteiger partial charge >= 0.3 is 0 Å². The van der Waals surface area contributed by atoms with Crippen molar-refractivity contribution in [1.82, 2.24) is 5.32 Å². The summed E-state index contributed by atoms with van der Waals surface area (Å²) in [5, 5.41) is 3.93. The van der Waals surface area contributed by atoms with Crippen LogP contribution in [0.15, 0.2) is 42.5 Å². The maximum Gasteiger partial charge on any atom is 0.251 e. The van der Waals surface area contributed by atoms with Gasteiger partial charge in [0, 0.05) is 43.8 Å². The van der Waals surface area contributed by atoms with E-state index in [4.69, 9.17) is 23.2 Å². The molecule has 0 radical (unpaired) electrons. The van der Waals surface area contributed by atoms with Crippen LogP contribution < -0.4 is 15.1 Å². The van der Waals surface area contributed by atoms with Crippen LogP contribution in [0.3, 0.4) is 0 Å². The zero-order valence-electron chi connectivity index (χ0n) is 15.8. The molecule has 0 aromatic heterocycles. The molecule has 144 valence electrons. The molecule has 27 heavy (non-hydrogen) atoms. The number of rotatable bonds is 6. The monoisotopic (exact) mass is 406 g/mol. The molecule has 1 fully saturated rings. The average molecular weight is 407 g/mol. The van der Waals surface area contributed by atoms with Gasteiger partial charge in [-0.3, -0.25) is 4.79 Å².